The maximum atomic E-state index is 12.5. The third kappa shape index (κ3) is 4.05. The molecule has 0 radical (unpaired) electrons. The normalized spacial score (nSPS) is 14.8. The lowest BCUT2D eigenvalue weighted by Gasteiger charge is -2.27. The molecule has 0 atom stereocenters. The maximum Gasteiger partial charge on any atom is 0.254 e. The second kappa shape index (κ2) is 8.25. The molecule has 1 heterocycles. The Bertz CT molecular complexity index is 516. The van der Waals surface area contributed by atoms with Gasteiger partial charge in [-0.15, -0.1) is 0 Å². The van der Waals surface area contributed by atoms with Gasteiger partial charge in [-0.05, 0) is 18.6 Å². The van der Waals surface area contributed by atoms with Crippen molar-refractivity contribution in [3.8, 4) is 11.5 Å². The van der Waals surface area contributed by atoms with Crippen molar-refractivity contribution in [2.45, 2.75) is 19.8 Å². The van der Waals surface area contributed by atoms with Gasteiger partial charge in [0, 0.05) is 31.7 Å². The van der Waals surface area contributed by atoms with E-state index >= 15 is 0 Å². The molecule has 1 aromatic rings. The molecule has 1 amide bonds. The van der Waals surface area contributed by atoms with Gasteiger partial charge < -0.3 is 19.7 Å². The van der Waals surface area contributed by atoms with E-state index in [1.54, 1.807) is 19.2 Å². The summed E-state index contributed by atoms with van der Waals surface area (Å²) >= 11 is 6.29. The fraction of sp³-hybridized carbons (Fsp3) is 0.562. The van der Waals surface area contributed by atoms with Crippen LogP contribution in [-0.4, -0.2) is 50.7 Å². The maximum absolute atomic E-state index is 12.5. The average molecular weight is 327 g/mol. The minimum absolute atomic E-state index is 0.0261. The van der Waals surface area contributed by atoms with E-state index in [0.717, 1.165) is 25.9 Å². The molecule has 1 saturated heterocycles. The summed E-state index contributed by atoms with van der Waals surface area (Å²) in [5, 5.41) is 3.64. The van der Waals surface area contributed by atoms with Crippen molar-refractivity contribution in [2.24, 2.45) is 0 Å². The number of methoxy groups -OCH3 is 1. The zero-order chi connectivity index (χ0) is 15.9. The van der Waals surface area contributed by atoms with Crippen LogP contribution >= 0.6 is 11.6 Å². The van der Waals surface area contributed by atoms with Crippen LogP contribution in [0.15, 0.2) is 12.1 Å². The van der Waals surface area contributed by atoms with Crippen LogP contribution in [0.1, 0.15) is 30.1 Å². The van der Waals surface area contributed by atoms with Gasteiger partial charge in [0.1, 0.15) is 0 Å². The molecule has 0 unspecified atom stereocenters. The molecule has 1 aliphatic rings. The lowest BCUT2D eigenvalue weighted by Crippen LogP contribution is -2.46. The lowest BCUT2D eigenvalue weighted by molar-refractivity contribution is 0.0735. The monoisotopic (exact) mass is 326 g/mol. The quantitative estimate of drug-likeness (QED) is 0.816. The van der Waals surface area contributed by atoms with Crippen molar-refractivity contribution >= 4 is 17.5 Å². The SMILES string of the molecule is CCCCOc1c(Cl)cc(C(=O)N2CCNCC2)cc1OC. The molecular weight excluding hydrogens is 304 g/mol. The molecule has 1 fully saturated rings. The Kier molecular flexibility index (Phi) is 6.34. The first kappa shape index (κ1) is 16.9. The molecule has 0 spiro atoms. The first-order valence-corrected chi connectivity index (χ1v) is 8.05. The molecule has 122 valence electrons. The fourth-order valence-electron chi connectivity index (χ4n) is 2.35. The summed E-state index contributed by atoms with van der Waals surface area (Å²) in [6, 6.07) is 3.37. The Morgan fingerprint density at radius 2 is 2.09 bits per heavy atom. The molecule has 1 aromatic carbocycles. The molecule has 22 heavy (non-hydrogen) atoms. The highest BCUT2D eigenvalue weighted by atomic mass is 35.5. The molecule has 0 aliphatic carbocycles. The first-order valence-electron chi connectivity index (χ1n) is 7.67. The van der Waals surface area contributed by atoms with Crippen LogP contribution in [0.4, 0.5) is 0 Å². The first-order chi connectivity index (χ1) is 10.7. The summed E-state index contributed by atoms with van der Waals surface area (Å²) in [6.07, 6.45) is 1.99. The number of unbranched alkanes of at least 4 members (excludes halogenated alkanes) is 1. The third-order valence-corrected chi connectivity index (χ3v) is 3.91. The minimum atomic E-state index is -0.0261. The second-order valence-corrected chi connectivity index (χ2v) is 5.64. The number of hydrogen-bond acceptors (Lipinski definition) is 4. The number of amides is 1. The lowest BCUT2D eigenvalue weighted by atomic mass is 10.1. The van der Waals surface area contributed by atoms with Crippen molar-refractivity contribution in [3.05, 3.63) is 22.7 Å². The number of ether oxygens (including phenoxy) is 2. The van der Waals surface area contributed by atoms with Crippen molar-refractivity contribution in [1.29, 1.82) is 0 Å². The minimum Gasteiger partial charge on any atom is -0.493 e. The predicted octanol–water partition coefficient (Wildman–Crippen LogP) is 2.57. The molecule has 6 heteroatoms. The zero-order valence-corrected chi connectivity index (χ0v) is 13.9. The molecule has 1 aliphatic heterocycles. The predicted molar refractivity (Wildman–Crippen MR) is 87.2 cm³/mol. The van der Waals surface area contributed by atoms with E-state index in [9.17, 15) is 4.79 Å². The highest BCUT2D eigenvalue weighted by Gasteiger charge is 2.21. The summed E-state index contributed by atoms with van der Waals surface area (Å²) in [5.41, 5.74) is 0.534. The number of nitrogens with zero attached hydrogens (tertiary/aromatic N) is 1. The molecule has 0 aromatic heterocycles. The summed E-state index contributed by atoms with van der Waals surface area (Å²) in [7, 11) is 1.55. The number of piperazine rings is 1. The van der Waals surface area contributed by atoms with Gasteiger partial charge >= 0.3 is 0 Å². The molecule has 0 bridgehead atoms. The summed E-state index contributed by atoms with van der Waals surface area (Å²) < 4.78 is 11.0. The van der Waals surface area contributed by atoms with Crippen LogP contribution < -0.4 is 14.8 Å². The van der Waals surface area contributed by atoms with E-state index in [0.29, 0.717) is 41.8 Å². The van der Waals surface area contributed by atoms with Crippen LogP contribution in [-0.2, 0) is 0 Å². The molecule has 0 saturated carbocycles. The number of carbonyl (C=O) groups excluding carboxylic acids is 1. The highest BCUT2D eigenvalue weighted by Crippen LogP contribution is 2.36. The van der Waals surface area contributed by atoms with E-state index in [-0.39, 0.29) is 5.91 Å². The van der Waals surface area contributed by atoms with E-state index < -0.39 is 0 Å². The number of carbonyl (C=O) groups is 1. The zero-order valence-electron chi connectivity index (χ0n) is 13.2. The third-order valence-electron chi connectivity index (χ3n) is 3.62. The molecular formula is C16H23ClN2O3. The van der Waals surface area contributed by atoms with Crippen LogP contribution in [0.3, 0.4) is 0 Å². The topological polar surface area (TPSA) is 50.8 Å². The number of rotatable bonds is 6. The van der Waals surface area contributed by atoms with Gasteiger partial charge in [0.05, 0.1) is 18.7 Å². The van der Waals surface area contributed by atoms with E-state index in [1.165, 1.54) is 0 Å². The second-order valence-electron chi connectivity index (χ2n) is 5.23. The van der Waals surface area contributed by atoms with Crippen LogP contribution in [0.5, 0.6) is 11.5 Å². The fourth-order valence-corrected chi connectivity index (χ4v) is 2.62. The van der Waals surface area contributed by atoms with Gasteiger partial charge in [-0.1, -0.05) is 24.9 Å². The summed E-state index contributed by atoms with van der Waals surface area (Å²) in [6.45, 7) is 5.71. The smallest absolute Gasteiger partial charge is 0.254 e. The Hall–Kier alpha value is -1.46. The highest BCUT2D eigenvalue weighted by molar-refractivity contribution is 6.32. The van der Waals surface area contributed by atoms with Gasteiger partial charge in [0.2, 0.25) is 0 Å². The molecule has 5 nitrogen and oxygen atoms in total. The summed E-state index contributed by atoms with van der Waals surface area (Å²) in [4.78, 5) is 14.4. The van der Waals surface area contributed by atoms with Gasteiger partial charge in [-0.2, -0.15) is 0 Å². The van der Waals surface area contributed by atoms with Crippen molar-refractivity contribution in [2.75, 3.05) is 39.9 Å². The van der Waals surface area contributed by atoms with Gasteiger partial charge in [0.25, 0.3) is 5.91 Å². The van der Waals surface area contributed by atoms with E-state index in [1.807, 2.05) is 4.90 Å². The standard InChI is InChI=1S/C16H23ClN2O3/c1-3-4-9-22-15-13(17)10-12(11-14(15)21-2)16(20)19-7-5-18-6-8-19/h10-11,18H,3-9H2,1-2H3. The Balaban J connectivity index is 2.18. The Labute approximate surface area is 136 Å². The Morgan fingerprint density at radius 1 is 1.36 bits per heavy atom. The van der Waals surface area contributed by atoms with Crippen LogP contribution in [0.25, 0.3) is 0 Å². The molecule has 2 rings (SSSR count). The van der Waals surface area contributed by atoms with Crippen molar-refractivity contribution in [3.63, 3.8) is 0 Å². The van der Waals surface area contributed by atoms with Crippen LogP contribution in [0, 0.1) is 0 Å². The van der Waals surface area contributed by atoms with Crippen molar-refractivity contribution in [1.82, 2.24) is 10.2 Å². The largest absolute Gasteiger partial charge is 0.493 e. The number of nitrogens with one attached hydrogen (secondary N) is 1. The van der Waals surface area contributed by atoms with Crippen LogP contribution in [0.2, 0.25) is 5.02 Å². The Morgan fingerprint density at radius 3 is 2.73 bits per heavy atom. The van der Waals surface area contributed by atoms with Gasteiger partial charge in [-0.25, -0.2) is 0 Å². The van der Waals surface area contributed by atoms with E-state index in [4.69, 9.17) is 21.1 Å². The average Bonchev–Trinajstić information content (AvgIpc) is 2.56. The van der Waals surface area contributed by atoms with Gasteiger partial charge in [0.15, 0.2) is 11.5 Å². The number of benzene rings is 1. The number of halogens is 1. The number of hydrogen-bond donors (Lipinski definition) is 1. The molecule has 1 N–H and O–H groups in total. The van der Waals surface area contributed by atoms with Crippen molar-refractivity contribution < 1.29 is 14.3 Å². The van der Waals surface area contributed by atoms with Gasteiger partial charge in [-0.3, -0.25) is 4.79 Å². The summed E-state index contributed by atoms with van der Waals surface area (Å²) in [5.74, 6) is 0.985. The van der Waals surface area contributed by atoms with E-state index in [2.05, 4.69) is 12.2 Å².